The summed E-state index contributed by atoms with van der Waals surface area (Å²) in [5.41, 5.74) is 6.48. The van der Waals surface area contributed by atoms with Gasteiger partial charge in [-0.2, -0.15) is 0 Å². The summed E-state index contributed by atoms with van der Waals surface area (Å²) in [6, 6.07) is 3.23. The Bertz CT molecular complexity index is 607. The molecule has 0 radical (unpaired) electrons. The summed E-state index contributed by atoms with van der Waals surface area (Å²) in [4.78, 5) is 0.252. The van der Waals surface area contributed by atoms with Gasteiger partial charge in [0.1, 0.15) is 0 Å². The molecule has 1 fully saturated rings. The molecule has 1 aliphatic rings. The van der Waals surface area contributed by atoms with Crippen LogP contribution < -0.4 is 10.5 Å². The third kappa shape index (κ3) is 3.12. The van der Waals surface area contributed by atoms with Gasteiger partial charge in [-0.1, -0.05) is 0 Å². The third-order valence-electron chi connectivity index (χ3n) is 3.58. The van der Waals surface area contributed by atoms with Crippen LogP contribution in [0.4, 0.5) is 5.69 Å². The molecule has 0 spiro atoms. The van der Waals surface area contributed by atoms with Crippen LogP contribution in [-0.4, -0.2) is 14.0 Å². The highest BCUT2D eigenvalue weighted by Crippen LogP contribution is 2.40. The number of sulfonamides is 1. The van der Waals surface area contributed by atoms with Crippen molar-refractivity contribution >= 4 is 31.6 Å². The number of anilines is 1. The van der Waals surface area contributed by atoms with Crippen LogP contribution in [0, 0.1) is 12.8 Å². The molecule has 4 nitrogen and oxygen atoms in total. The Morgan fingerprint density at radius 1 is 1.37 bits per heavy atom. The van der Waals surface area contributed by atoms with Crippen LogP contribution in [0.15, 0.2) is 21.5 Å². The van der Waals surface area contributed by atoms with E-state index in [1.807, 2.05) is 13.8 Å². The molecule has 106 valence electrons. The van der Waals surface area contributed by atoms with Gasteiger partial charge in [0.15, 0.2) is 0 Å². The summed E-state index contributed by atoms with van der Waals surface area (Å²) in [5, 5.41) is 0. The van der Waals surface area contributed by atoms with Crippen LogP contribution in [0.5, 0.6) is 0 Å². The molecular formula is C13H19BrN2O2S. The number of hydrogen-bond donors (Lipinski definition) is 2. The van der Waals surface area contributed by atoms with E-state index in [1.165, 1.54) is 6.07 Å². The van der Waals surface area contributed by atoms with Gasteiger partial charge in [-0.05, 0) is 73.2 Å². The Kier molecular flexibility index (Phi) is 3.70. The minimum atomic E-state index is -3.54. The van der Waals surface area contributed by atoms with Gasteiger partial charge < -0.3 is 5.73 Å². The molecule has 1 aromatic rings. The maximum Gasteiger partial charge on any atom is 0.241 e. The van der Waals surface area contributed by atoms with Gasteiger partial charge in [-0.25, -0.2) is 13.1 Å². The van der Waals surface area contributed by atoms with Gasteiger partial charge in [0.05, 0.1) is 4.90 Å². The molecule has 0 amide bonds. The molecule has 0 aromatic heterocycles. The molecule has 6 heteroatoms. The maximum absolute atomic E-state index is 12.5. The topological polar surface area (TPSA) is 72.2 Å². The number of nitrogens with one attached hydrogen (secondary N) is 1. The average Bonchev–Trinajstić information content (AvgIpc) is 3.05. The van der Waals surface area contributed by atoms with E-state index in [-0.39, 0.29) is 4.90 Å². The number of hydrogen-bond acceptors (Lipinski definition) is 3. The first-order chi connectivity index (χ1) is 8.63. The lowest BCUT2D eigenvalue weighted by molar-refractivity contribution is 0.400. The number of benzene rings is 1. The number of nitrogens with two attached hydrogens (primary N) is 1. The quantitative estimate of drug-likeness (QED) is 0.823. The van der Waals surface area contributed by atoms with Crippen molar-refractivity contribution in [1.82, 2.24) is 4.72 Å². The predicted octanol–water partition coefficient (Wildman–Crippen LogP) is 2.81. The number of nitrogen functional groups attached to an aromatic ring is 1. The van der Waals surface area contributed by atoms with E-state index in [2.05, 4.69) is 20.7 Å². The Labute approximate surface area is 122 Å². The second kappa shape index (κ2) is 4.75. The van der Waals surface area contributed by atoms with Crippen LogP contribution >= 0.6 is 15.9 Å². The Morgan fingerprint density at radius 3 is 2.47 bits per heavy atom. The zero-order chi connectivity index (χ0) is 14.4. The first kappa shape index (κ1) is 14.8. The van der Waals surface area contributed by atoms with Crippen molar-refractivity contribution in [2.24, 2.45) is 5.92 Å². The molecule has 0 unspecified atom stereocenters. The first-order valence-electron chi connectivity index (χ1n) is 6.23. The maximum atomic E-state index is 12.5. The van der Waals surface area contributed by atoms with Crippen molar-refractivity contribution in [3.63, 3.8) is 0 Å². The molecule has 19 heavy (non-hydrogen) atoms. The van der Waals surface area contributed by atoms with Gasteiger partial charge >= 0.3 is 0 Å². The average molecular weight is 347 g/mol. The Morgan fingerprint density at radius 2 is 1.95 bits per heavy atom. The summed E-state index contributed by atoms with van der Waals surface area (Å²) in [6.45, 7) is 5.63. The van der Waals surface area contributed by atoms with E-state index >= 15 is 0 Å². The summed E-state index contributed by atoms with van der Waals surface area (Å²) >= 11 is 3.30. The Hall–Kier alpha value is -0.590. The van der Waals surface area contributed by atoms with E-state index < -0.39 is 15.6 Å². The summed E-state index contributed by atoms with van der Waals surface area (Å²) in [6.07, 6.45) is 2.16. The largest absolute Gasteiger partial charge is 0.398 e. The summed E-state index contributed by atoms with van der Waals surface area (Å²) in [5.74, 6) is 0.426. The standard InChI is InChI=1S/C13H19BrN2O2S/c1-8-6-10(14)11(15)7-12(8)19(17,18)16-13(2,3)9-4-5-9/h6-7,9,16H,4-5,15H2,1-3H3. The molecule has 0 heterocycles. The van der Waals surface area contributed by atoms with Crippen molar-refractivity contribution in [3.05, 3.63) is 22.2 Å². The normalized spacial score (nSPS) is 16.6. The molecule has 0 bridgehead atoms. The summed E-state index contributed by atoms with van der Waals surface area (Å²) in [7, 11) is -3.54. The SMILES string of the molecule is Cc1cc(Br)c(N)cc1S(=O)(=O)NC(C)(C)C1CC1. The van der Waals surface area contributed by atoms with E-state index in [9.17, 15) is 8.42 Å². The lowest BCUT2D eigenvalue weighted by Gasteiger charge is -2.26. The second-order valence-electron chi connectivity index (χ2n) is 5.74. The number of rotatable bonds is 4. The fourth-order valence-corrected chi connectivity index (χ4v) is 4.44. The van der Waals surface area contributed by atoms with E-state index in [1.54, 1.807) is 13.0 Å². The van der Waals surface area contributed by atoms with Crippen molar-refractivity contribution in [2.75, 3.05) is 5.73 Å². The molecule has 0 saturated heterocycles. The zero-order valence-corrected chi connectivity index (χ0v) is 13.7. The predicted molar refractivity (Wildman–Crippen MR) is 80.4 cm³/mol. The van der Waals surface area contributed by atoms with Crippen LogP contribution in [0.3, 0.4) is 0 Å². The molecule has 3 N–H and O–H groups in total. The highest BCUT2D eigenvalue weighted by atomic mass is 79.9. The van der Waals surface area contributed by atoms with E-state index in [4.69, 9.17) is 5.73 Å². The van der Waals surface area contributed by atoms with Crippen molar-refractivity contribution in [1.29, 1.82) is 0 Å². The molecule has 0 aliphatic heterocycles. The molecule has 1 aromatic carbocycles. The molecule has 0 atom stereocenters. The van der Waals surface area contributed by atoms with Crippen molar-refractivity contribution in [3.8, 4) is 0 Å². The molecule has 1 aliphatic carbocycles. The van der Waals surface area contributed by atoms with Crippen molar-refractivity contribution in [2.45, 2.75) is 44.0 Å². The third-order valence-corrected chi connectivity index (χ3v) is 6.08. The fraction of sp³-hybridized carbons (Fsp3) is 0.538. The molecule has 2 rings (SSSR count). The van der Waals surface area contributed by atoms with Gasteiger partial charge in [0.25, 0.3) is 0 Å². The first-order valence-corrected chi connectivity index (χ1v) is 8.51. The highest BCUT2D eigenvalue weighted by molar-refractivity contribution is 9.10. The van der Waals surface area contributed by atoms with E-state index in [0.717, 1.165) is 12.8 Å². The van der Waals surface area contributed by atoms with Gasteiger partial charge in [0.2, 0.25) is 10.0 Å². The van der Waals surface area contributed by atoms with Gasteiger partial charge in [0, 0.05) is 15.7 Å². The zero-order valence-electron chi connectivity index (χ0n) is 11.3. The fourth-order valence-electron chi connectivity index (χ4n) is 2.25. The van der Waals surface area contributed by atoms with Crippen LogP contribution in [-0.2, 0) is 10.0 Å². The minimum Gasteiger partial charge on any atom is -0.398 e. The highest BCUT2D eigenvalue weighted by Gasteiger charge is 2.40. The lowest BCUT2D eigenvalue weighted by atomic mass is 10.0. The van der Waals surface area contributed by atoms with Gasteiger partial charge in [-0.15, -0.1) is 0 Å². The lowest BCUT2D eigenvalue weighted by Crippen LogP contribution is -2.45. The second-order valence-corrected chi connectivity index (χ2v) is 8.25. The smallest absolute Gasteiger partial charge is 0.241 e. The van der Waals surface area contributed by atoms with Crippen LogP contribution in [0.2, 0.25) is 0 Å². The molecular weight excluding hydrogens is 328 g/mol. The van der Waals surface area contributed by atoms with Crippen molar-refractivity contribution < 1.29 is 8.42 Å². The molecule has 1 saturated carbocycles. The van der Waals surface area contributed by atoms with Crippen LogP contribution in [0.25, 0.3) is 0 Å². The number of halogens is 1. The van der Waals surface area contributed by atoms with E-state index in [0.29, 0.717) is 21.6 Å². The van der Waals surface area contributed by atoms with Gasteiger partial charge in [-0.3, -0.25) is 0 Å². The Balaban J connectivity index is 2.37. The van der Waals surface area contributed by atoms with Crippen LogP contribution in [0.1, 0.15) is 32.3 Å². The minimum absolute atomic E-state index is 0.252. The monoisotopic (exact) mass is 346 g/mol. The number of aryl methyl sites for hydroxylation is 1. The summed E-state index contributed by atoms with van der Waals surface area (Å²) < 4.78 is 28.5.